The third-order valence-electron chi connectivity index (χ3n) is 3.22. The van der Waals surface area contributed by atoms with Gasteiger partial charge in [-0.05, 0) is 25.0 Å². The van der Waals surface area contributed by atoms with Crippen molar-refractivity contribution in [3.8, 4) is 5.75 Å². The number of para-hydroxylation sites is 1. The molecule has 1 aromatic carbocycles. The van der Waals surface area contributed by atoms with Crippen LogP contribution in [-0.4, -0.2) is 29.0 Å². The van der Waals surface area contributed by atoms with Crippen LogP contribution in [0.5, 0.6) is 5.75 Å². The van der Waals surface area contributed by atoms with Gasteiger partial charge in [-0.2, -0.15) is 0 Å². The molecule has 2 N–H and O–H groups in total. The van der Waals surface area contributed by atoms with Crippen molar-refractivity contribution < 1.29 is 9.53 Å². The van der Waals surface area contributed by atoms with E-state index in [1.165, 1.54) is 0 Å². The zero-order chi connectivity index (χ0) is 15.1. The Labute approximate surface area is 124 Å². The molecule has 21 heavy (non-hydrogen) atoms. The molecule has 0 aliphatic carbocycles. The molecule has 0 bridgehead atoms. The molecular formula is C16H21N3O2. The number of aryl methyl sites for hydroxylation is 2. The number of H-pyrrole nitrogens is 1. The highest BCUT2D eigenvalue weighted by molar-refractivity contribution is 5.75. The Hall–Kier alpha value is -2.30. The van der Waals surface area contributed by atoms with Gasteiger partial charge in [-0.1, -0.05) is 18.2 Å². The number of benzene rings is 1. The van der Waals surface area contributed by atoms with E-state index in [1.54, 1.807) is 12.4 Å². The molecule has 0 aliphatic rings. The van der Waals surface area contributed by atoms with Crippen molar-refractivity contribution in [3.63, 3.8) is 0 Å². The smallest absolute Gasteiger partial charge is 0.223 e. The summed E-state index contributed by atoms with van der Waals surface area (Å²) in [6, 6.07) is 6.01. The van der Waals surface area contributed by atoms with Gasteiger partial charge < -0.3 is 15.0 Å². The van der Waals surface area contributed by atoms with Gasteiger partial charge in [0.2, 0.25) is 5.91 Å². The number of carbonyl (C=O) groups excluding carboxylic acids is 1. The van der Waals surface area contributed by atoms with Crippen LogP contribution in [0.2, 0.25) is 0 Å². The number of carbonyl (C=O) groups is 1. The zero-order valence-corrected chi connectivity index (χ0v) is 12.5. The van der Waals surface area contributed by atoms with Crippen molar-refractivity contribution in [2.24, 2.45) is 0 Å². The summed E-state index contributed by atoms with van der Waals surface area (Å²) in [5, 5.41) is 2.86. The molecule has 1 aromatic heterocycles. The van der Waals surface area contributed by atoms with E-state index >= 15 is 0 Å². The maximum Gasteiger partial charge on any atom is 0.223 e. The molecule has 0 saturated heterocycles. The number of aromatic amines is 1. The largest absolute Gasteiger partial charge is 0.493 e. The fraction of sp³-hybridized carbons (Fsp3) is 0.375. The summed E-state index contributed by atoms with van der Waals surface area (Å²) in [7, 11) is 0. The van der Waals surface area contributed by atoms with Crippen LogP contribution in [0.1, 0.15) is 23.4 Å². The summed E-state index contributed by atoms with van der Waals surface area (Å²) >= 11 is 0. The lowest BCUT2D eigenvalue weighted by molar-refractivity contribution is -0.121. The van der Waals surface area contributed by atoms with Crippen LogP contribution < -0.4 is 10.1 Å². The predicted octanol–water partition coefficient (Wildman–Crippen LogP) is 2.15. The number of amides is 1. The minimum absolute atomic E-state index is 0.00667. The molecule has 112 valence electrons. The third kappa shape index (κ3) is 4.63. The number of nitrogens with one attached hydrogen (secondary N) is 2. The van der Waals surface area contributed by atoms with Gasteiger partial charge in [-0.25, -0.2) is 4.98 Å². The molecular weight excluding hydrogens is 266 g/mol. The Bertz CT molecular complexity index is 559. The minimum atomic E-state index is -0.00667. The average Bonchev–Trinajstić information content (AvgIpc) is 2.95. The highest BCUT2D eigenvalue weighted by Crippen LogP contribution is 2.22. The lowest BCUT2D eigenvalue weighted by atomic mass is 10.1. The number of ether oxygens (including phenoxy) is 1. The van der Waals surface area contributed by atoms with Crippen LogP contribution in [-0.2, 0) is 11.2 Å². The summed E-state index contributed by atoms with van der Waals surface area (Å²) in [4.78, 5) is 18.8. The van der Waals surface area contributed by atoms with Gasteiger partial charge >= 0.3 is 0 Å². The molecule has 0 atom stereocenters. The van der Waals surface area contributed by atoms with Gasteiger partial charge in [-0.3, -0.25) is 4.79 Å². The van der Waals surface area contributed by atoms with E-state index in [9.17, 15) is 4.79 Å². The van der Waals surface area contributed by atoms with E-state index in [1.807, 2.05) is 32.0 Å². The zero-order valence-electron chi connectivity index (χ0n) is 12.5. The minimum Gasteiger partial charge on any atom is -0.493 e. The fourth-order valence-corrected chi connectivity index (χ4v) is 2.12. The lowest BCUT2D eigenvalue weighted by Gasteiger charge is -2.11. The molecule has 2 rings (SSSR count). The summed E-state index contributed by atoms with van der Waals surface area (Å²) in [6.07, 6.45) is 4.54. The van der Waals surface area contributed by atoms with Crippen molar-refractivity contribution in [3.05, 3.63) is 47.5 Å². The molecule has 0 unspecified atom stereocenters. The van der Waals surface area contributed by atoms with Crippen LogP contribution >= 0.6 is 0 Å². The molecule has 0 spiro atoms. The Morgan fingerprint density at radius 2 is 2.10 bits per heavy atom. The van der Waals surface area contributed by atoms with Crippen LogP contribution in [0.15, 0.2) is 30.6 Å². The van der Waals surface area contributed by atoms with Crippen LogP contribution in [0.4, 0.5) is 0 Å². The standard InChI is InChI=1S/C16H21N3O2/c1-12-4-3-5-13(2)16(12)21-11-7-15(20)19-8-6-14-17-9-10-18-14/h3-5,9-10H,6-8,11H2,1-2H3,(H,17,18)(H,19,20). The first-order valence-corrected chi connectivity index (χ1v) is 7.11. The Kier molecular flexibility index (Phi) is 5.37. The molecule has 1 heterocycles. The number of imidazole rings is 1. The molecule has 0 fully saturated rings. The summed E-state index contributed by atoms with van der Waals surface area (Å²) in [6.45, 7) is 4.98. The van der Waals surface area contributed by atoms with E-state index in [0.29, 0.717) is 26.0 Å². The highest BCUT2D eigenvalue weighted by atomic mass is 16.5. The fourth-order valence-electron chi connectivity index (χ4n) is 2.12. The van der Waals surface area contributed by atoms with Crippen molar-refractivity contribution >= 4 is 5.91 Å². The summed E-state index contributed by atoms with van der Waals surface area (Å²) in [5.74, 6) is 1.75. The van der Waals surface area contributed by atoms with Gasteiger partial charge in [0.15, 0.2) is 0 Å². The highest BCUT2D eigenvalue weighted by Gasteiger charge is 2.06. The number of hydrogen-bond donors (Lipinski definition) is 2. The van der Waals surface area contributed by atoms with E-state index < -0.39 is 0 Å². The molecule has 5 heteroatoms. The number of nitrogens with zero attached hydrogens (tertiary/aromatic N) is 1. The van der Waals surface area contributed by atoms with Crippen molar-refractivity contribution in [1.82, 2.24) is 15.3 Å². The van der Waals surface area contributed by atoms with E-state index in [0.717, 1.165) is 22.7 Å². The normalized spacial score (nSPS) is 10.4. The lowest BCUT2D eigenvalue weighted by Crippen LogP contribution is -2.27. The van der Waals surface area contributed by atoms with Crippen molar-refractivity contribution in [2.45, 2.75) is 26.7 Å². The second kappa shape index (κ2) is 7.47. The maximum absolute atomic E-state index is 11.7. The number of aromatic nitrogens is 2. The molecule has 0 aliphatic heterocycles. The Morgan fingerprint density at radius 3 is 2.76 bits per heavy atom. The van der Waals surface area contributed by atoms with Crippen molar-refractivity contribution in [1.29, 1.82) is 0 Å². The van der Waals surface area contributed by atoms with Gasteiger partial charge in [0.1, 0.15) is 11.6 Å². The Balaban J connectivity index is 1.67. The first-order chi connectivity index (χ1) is 10.2. The molecule has 0 radical (unpaired) electrons. The second-order valence-electron chi connectivity index (χ2n) is 4.96. The quantitative estimate of drug-likeness (QED) is 0.820. The van der Waals surface area contributed by atoms with Gasteiger partial charge in [-0.15, -0.1) is 0 Å². The van der Waals surface area contributed by atoms with E-state index in [4.69, 9.17) is 4.74 Å². The third-order valence-corrected chi connectivity index (χ3v) is 3.22. The monoisotopic (exact) mass is 287 g/mol. The van der Waals surface area contributed by atoms with Crippen molar-refractivity contribution in [2.75, 3.05) is 13.2 Å². The average molecular weight is 287 g/mol. The summed E-state index contributed by atoms with van der Waals surface area (Å²) < 4.78 is 5.71. The van der Waals surface area contributed by atoms with Crippen LogP contribution in [0.25, 0.3) is 0 Å². The maximum atomic E-state index is 11.7. The number of rotatable bonds is 7. The van der Waals surface area contributed by atoms with Gasteiger partial charge in [0, 0.05) is 25.4 Å². The SMILES string of the molecule is Cc1cccc(C)c1OCCC(=O)NCCc1ncc[nH]1. The Morgan fingerprint density at radius 1 is 1.33 bits per heavy atom. The van der Waals surface area contributed by atoms with Crippen LogP contribution in [0.3, 0.4) is 0 Å². The van der Waals surface area contributed by atoms with E-state index in [-0.39, 0.29) is 5.91 Å². The molecule has 5 nitrogen and oxygen atoms in total. The second-order valence-corrected chi connectivity index (χ2v) is 4.96. The van der Waals surface area contributed by atoms with Gasteiger partial charge in [0.25, 0.3) is 0 Å². The van der Waals surface area contributed by atoms with E-state index in [2.05, 4.69) is 15.3 Å². The first-order valence-electron chi connectivity index (χ1n) is 7.11. The first kappa shape index (κ1) is 15.1. The molecule has 1 amide bonds. The topological polar surface area (TPSA) is 67.0 Å². The number of hydrogen-bond acceptors (Lipinski definition) is 3. The van der Waals surface area contributed by atoms with Gasteiger partial charge in [0.05, 0.1) is 13.0 Å². The summed E-state index contributed by atoms with van der Waals surface area (Å²) in [5.41, 5.74) is 2.18. The molecule has 0 saturated carbocycles. The molecule has 2 aromatic rings. The predicted molar refractivity (Wildman–Crippen MR) is 81.3 cm³/mol. The van der Waals surface area contributed by atoms with Crippen LogP contribution in [0, 0.1) is 13.8 Å².